The van der Waals surface area contributed by atoms with E-state index in [9.17, 15) is 0 Å². The lowest BCUT2D eigenvalue weighted by atomic mass is 9.83. The highest BCUT2D eigenvalue weighted by molar-refractivity contribution is 4.68. The Labute approximate surface area is 76.7 Å². The molecule has 0 aromatic heterocycles. The minimum absolute atomic E-state index is 0.123. The van der Waals surface area contributed by atoms with Crippen LogP contribution in [0.1, 0.15) is 52.9 Å². The Morgan fingerprint density at radius 3 is 2.17 bits per heavy atom. The molecule has 0 bridgehead atoms. The van der Waals surface area contributed by atoms with Gasteiger partial charge in [0.2, 0.25) is 0 Å². The van der Waals surface area contributed by atoms with E-state index in [1.807, 2.05) is 0 Å². The Morgan fingerprint density at radius 2 is 1.75 bits per heavy atom. The summed E-state index contributed by atoms with van der Waals surface area (Å²) in [5.74, 6) is 0. The Hall–Kier alpha value is -0.0800. The Morgan fingerprint density at radius 1 is 1.17 bits per heavy atom. The first-order chi connectivity index (χ1) is 5.48. The van der Waals surface area contributed by atoms with Gasteiger partial charge in [-0.15, -0.1) is 0 Å². The summed E-state index contributed by atoms with van der Waals surface area (Å²) in [6, 6.07) is 0. The smallest absolute Gasteiger partial charge is 0.0520 e. The average molecular weight is 172 g/mol. The molecule has 2 nitrogen and oxygen atoms in total. The van der Waals surface area contributed by atoms with Gasteiger partial charge in [0.25, 0.3) is 0 Å². The molecule has 12 heavy (non-hydrogen) atoms. The van der Waals surface area contributed by atoms with Gasteiger partial charge in [-0.1, -0.05) is 33.6 Å². The molecule has 0 rings (SSSR count). The van der Waals surface area contributed by atoms with Gasteiger partial charge >= 0.3 is 0 Å². The van der Waals surface area contributed by atoms with Gasteiger partial charge in [0, 0.05) is 0 Å². The summed E-state index contributed by atoms with van der Waals surface area (Å²) in [6.45, 7) is 6.87. The highest BCUT2D eigenvalue weighted by Crippen LogP contribution is 2.28. The summed E-state index contributed by atoms with van der Waals surface area (Å²) >= 11 is 0. The van der Waals surface area contributed by atoms with Gasteiger partial charge in [-0.3, -0.25) is 0 Å². The average Bonchev–Trinajstić information content (AvgIpc) is 1.85. The van der Waals surface area contributed by atoms with Gasteiger partial charge < -0.3 is 11.5 Å². The van der Waals surface area contributed by atoms with Crippen LogP contribution in [0, 0.1) is 5.41 Å². The zero-order valence-corrected chi connectivity index (χ0v) is 8.77. The number of hydrogen-bond donors (Lipinski definition) is 2. The molecule has 0 spiro atoms. The maximum absolute atomic E-state index is 5.47. The number of nitrogens with two attached hydrogens (primary N) is 2. The summed E-state index contributed by atoms with van der Waals surface area (Å²) < 4.78 is 0. The topological polar surface area (TPSA) is 52.0 Å². The summed E-state index contributed by atoms with van der Waals surface area (Å²) in [5, 5.41) is 0. The Kier molecular flexibility index (Phi) is 5.51. The maximum atomic E-state index is 5.47. The van der Waals surface area contributed by atoms with Gasteiger partial charge in [0.1, 0.15) is 0 Å². The fourth-order valence-electron chi connectivity index (χ4n) is 1.62. The second-order valence-electron chi connectivity index (χ2n) is 4.47. The van der Waals surface area contributed by atoms with Gasteiger partial charge in [-0.2, -0.15) is 0 Å². The van der Waals surface area contributed by atoms with E-state index < -0.39 is 0 Å². The van der Waals surface area contributed by atoms with Crippen LogP contribution in [0.3, 0.4) is 0 Å². The third-order valence-corrected chi connectivity index (χ3v) is 2.32. The van der Waals surface area contributed by atoms with E-state index >= 15 is 0 Å². The van der Waals surface area contributed by atoms with Crippen molar-refractivity contribution in [2.24, 2.45) is 16.9 Å². The van der Waals surface area contributed by atoms with Gasteiger partial charge in [-0.25, -0.2) is 0 Å². The van der Waals surface area contributed by atoms with Crippen molar-refractivity contribution >= 4 is 0 Å². The van der Waals surface area contributed by atoms with Crippen LogP contribution in [0.2, 0.25) is 0 Å². The zero-order valence-electron chi connectivity index (χ0n) is 8.77. The molecular formula is C10H24N2. The fraction of sp³-hybridized carbons (Fsp3) is 1.00. The van der Waals surface area contributed by atoms with Gasteiger partial charge in [0.15, 0.2) is 0 Å². The minimum Gasteiger partial charge on any atom is -0.316 e. The van der Waals surface area contributed by atoms with Crippen LogP contribution in [0.25, 0.3) is 0 Å². The van der Waals surface area contributed by atoms with Crippen LogP contribution >= 0.6 is 0 Å². The quantitative estimate of drug-likeness (QED) is 0.604. The van der Waals surface area contributed by atoms with E-state index in [1.54, 1.807) is 0 Å². The predicted molar refractivity (Wildman–Crippen MR) is 54.7 cm³/mol. The van der Waals surface area contributed by atoms with Crippen LogP contribution in [-0.4, -0.2) is 6.17 Å². The first-order valence-corrected chi connectivity index (χ1v) is 4.99. The molecule has 0 heterocycles. The lowest BCUT2D eigenvalue weighted by Crippen LogP contribution is -2.30. The van der Waals surface area contributed by atoms with E-state index in [-0.39, 0.29) is 6.17 Å². The van der Waals surface area contributed by atoms with Gasteiger partial charge in [-0.05, 0) is 24.7 Å². The molecule has 2 heteroatoms. The fourth-order valence-corrected chi connectivity index (χ4v) is 1.62. The molecule has 0 saturated heterocycles. The molecule has 4 N–H and O–H groups in total. The largest absolute Gasteiger partial charge is 0.316 e. The van der Waals surface area contributed by atoms with Crippen molar-refractivity contribution < 1.29 is 0 Å². The van der Waals surface area contributed by atoms with Crippen LogP contribution in [0.15, 0.2) is 0 Å². The molecule has 74 valence electrons. The van der Waals surface area contributed by atoms with E-state index in [1.165, 1.54) is 19.3 Å². The van der Waals surface area contributed by atoms with E-state index in [0.29, 0.717) is 5.41 Å². The van der Waals surface area contributed by atoms with Crippen LogP contribution in [0.4, 0.5) is 0 Å². The van der Waals surface area contributed by atoms with Crippen molar-refractivity contribution in [3.05, 3.63) is 0 Å². The monoisotopic (exact) mass is 172 g/mol. The highest BCUT2D eigenvalue weighted by Gasteiger charge is 2.15. The SMILES string of the molecule is CCCC(C)(C)CCCC(N)N. The molecular weight excluding hydrogens is 148 g/mol. The highest BCUT2D eigenvalue weighted by atomic mass is 14.8. The summed E-state index contributed by atoms with van der Waals surface area (Å²) in [4.78, 5) is 0. The van der Waals surface area contributed by atoms with E-state index in [0.717, 1.165) is 12.8 Å². The summed E-state index contributed by atoms with van der Waals surface area (Å²) in [7, 11) is 0. The van der Waals surface area contributed by atoms with Crippen molar-refractivity contribution in [3.63, 3.8) is 0 Å². The second kappa shape index (κ2) is 5.55. The molecule has 0 atom stereocenters. The summed E-state index contributed by atoms with van der Waals surface area (Å²) in [6.07, 6.45) is 5.79. The molecule has 0 aromatic carbocycles. The number of hydrogen-bond acceptors (Lipinski definition) is 2. The second-order valence-corrected chi connectivity index (χ2v) is 4.47. The van der Waals surface area contributed by atoms with Crippen molar-refractivity contribution in [2.45, 2.75) is 59.0 Å². The molecule has 0 saturated carbocycles. The molecule has 0 fully saturated rings. The maximum Gasteiger partial charge on any atom is 0.0520 e. The van der Waals surface area contributed by atoms with Gasteiger partial charge in [0.05, 0.1) is 6.17 Å². The normalized spacial score (nSPS) is 12.5. The molecule has 0 radical (unpaired) electrons. The molecule has 0 aliphatic heterocycles. The lowest BCUT2D eigenvalue weighted by Gasteiger charge is -2.24. The predicted octanol–water partition coefficient (Wildman–Crippen LogP) is 2.23. The standard InChI is InChI=1S/C10H24N2/c1-4-7-10(2,3)8-5-6-9(11)12/h9H,4-8,11-12H2,1-3H3. The van der Waals surface area contributed by atoms with Crippen LogP contribution < -0.4 is 11.5 Å². The van der Waals surface area contributed by atoms with E-state index in [2.05, 4.69) is 20.8 Å². The van der Waals surface area contributed by atoms with Crippen LogP contribution in [-0.2, 0) is 0 Å². The lowest BCUT2D eigenvalue weighted by molar-refractivity contribution is 0.289. The summed E-state index contributed by atoms with van der Waals surface area (Å²) in [5.41, 5.74) is 11.4. The molecule has 0 aromatic rings. The van der Waals surface area contributed by atoms with E-state index in [4.69, 9.17) is 11.5 Å². The molecule has 0 aliphatic carbocycles. The number of rotatable bonds is 6. The van der Waals surface area contributed by atoms with Crippen molar-refractivity contribution in [1.82, 2.24) is 0 Å². The molecule has 0 amide bonds. The Bertz CT molecular complexity index is 108. The van der Waals surface area contributed by atoms with Crippen molar-refractivity contribution in [3.8, 4) is 0 Å². The third kappa shape index (κ3) is 6.62. The van der Waals surface area contributed by atoms with Crippen molar-refractivity contribution in [2.75, 3.05) is 0 Å². The first-order valence-electron chi connectivity index (χ1n) is 4.99. The Balaban J connectivity index is 3.46. The van der Waals surface area contributed by atoms with Crippen molar-refractivity contribution in [1.29, 1.82) is 0 Å². The molecule has 0 aliphatic rings. The van der Waals surface area contributed by atoms with Crippen LogP contribution in [0.5, 0.6) is 0 Å². The molecule has 0 unspecified atom stereocenters. The third-order valence-electron chi connectivity index (χ3n) is 2.32. The minimum atomic E-state index is -0.123. The first kappa shape index (κ1) is 11.9. The zero-order chi connectivity index (χ0) is 9.61.